The van der Waals surface area contributed by atoms with E-state index in [1.54, 1.807) is 14.0 Å². The van der Waals surface area contributed by atoms with Crippen LogP contribution >= 0.6 is 11.3 Å². The lowest BCUT2D eigenvalue weighted by molar-refractivity contribution is -0.124. The van der Waals surface area contributed by atoms with Gasteiger partial charge >= 0.3 is 0 Å². The Morgan fingerprint density at radius 3 is 2.50 bits per heavy atom. The van der Waals surface area contributed by atoms with Crippen LogP contribution in [-0.2, 0) is 33.2 Å². The lowest BCUT2D eigenvalue weighted by Gasteiger charge is -2.27. The van der Waals surface area contributed by atoms with E-state index in [0.717, 1.165) is 11.3 Å². The monoisotopic (exact) mass is 483 g/mol. The van der Waals surface area contributed by atoms with E-state index >= 15 is 0 Å². The normalized spacial score (nSPS) is 18.7. The maximum absolute atomic E-state index is 12.7. The van der Waals surface area contributed by atoms with Crippen molar-refractivity contribution in [2.24, 2.45) is 13.0 Å². The molecule has 1 saturated carbocycles. The third kappa shape index (κ3) is 5.88. The molecule has 0 aromatic carbocycles. The van der Waals surface area contributed by atoms with Gasteiger partial charge < -0.3 is 10.6 Å². The number of aryl methyl sites for hydroxylation is 2. The fraction of sp³-hybridized carbons (Fsp3) is 0.556. The van der Waals surface area contributed by atoms with Crippen LogP contribution in [-0.4, -0.2) is 52.4 Å². The van der Waals surface area contributed by atoms with E-state index in [9.17, 15) is 22.8 Å². The van der Waals surface area contributed by atoms with Crippen molar-refractivity contribution in [1.29, 1.82) is 0 Å². The Morgan fingerprint density at radius 2 is 1.91 bits per heavy atom. The smallest absolute Gasteiger partial charge is 0.273 e. The van der Waals surface area contributed by atoms with Gasteiger partial charge in [0, 0.05) is 23.8 Å². The third-order valence-electron chi connectivity index (χ3n) is 5.10. The largest absolute Gasteiger partial charge is 0.354 e. The van der Waals surface area contributed by atoms with Gasteiger partial charge in [0.2, 0.25) is 11.8 Å². The number of tetrazole rings is 1. The first-order chi connectivity index (χ1) is 15.0. The summed E-state index contributed by atoms with van der Waals surface area (Å²) in [7, 11) is -2.51. The van der Waals surface area contributed by atoms with Crippen molar-refractivity contribution in [1.82, 2.24) is 35.6 Å². The van der Waals surface area contributed by atoms with Gasteiger partial charge in [-0.2, -0.15) is 4.80 Å². The van der Waals surface area contributed by atoms with Crippen molar-refractivity contribution in [2.75, 3.05) is 0 Å². The first kappa shape index (κ1) is 23.8. The van der Waals surface area contributed by atoms with Crippen molar-refractivity contribution >= 4 is 39.1 Å². The third-order valence-corrected chi connectivity index (χ3v) is 7.97. The standard InChI is InChI=1S/C18H25N7O5S2/c1-10-14(18(28)19-9-15-21-24-25(3)22-15)8-16(31-10)32(29,30)23-17(27)12-4-6-13(7-5-12)20-11(2)26/h8,12-13H,4-7,9H2,1-3H3,(H,19,28)(H,20,26)(H,23,27). The van der Waals surface area contributed by atoms with E-state index in [0.29, 0.717) is 36.4 Å². The quantitative estimate of drug-likeness (QED) is 0.495. The summed E-state index contributed by atoms with van der Waals surface area (Å²) in [5.41, 5.74) is 0.197. The summed E-state index contributed by atoms with van der Waals surface area (Å²) in [6, 6.07) is 1.26. The highest BCUT2D eigenvalue weighted by atomic mass is 32.2. The number of thiophene rings is 1. The van der Waals surface area contributed by atoms with Gasteiger partial charge in [-0.15, -0.1) is 21.5 Å². The summed E-state index contributed by atoms with van der Waals surface area (Å²) < 4.78 is 27.5. The molecule has 2 heterocycles. The molecule has 3 rings (SSSR count). The van der Waals surface area contributed by atoms with Gasteiger partial charge in [-0.25, -0.2) is 13.1 Å². The Balaban J connectivity index is 1.60. The van der Waals surface area contributed by atoms with Crippen molar-refractivity contribution < 1.29 is 22.8 Å². The molecular weight excluding hydrogens is 458 g/mol. The van der Waals surface area contributed by atoms with Gasteiger partial charge in [-0.3, -0.25) is 14.4 Å². The summed E-state index contributed by atoms with van der Waals surface area (Å²) in [6.45, 7) is 3.11. The Morgan fingerprint density at radius 1 is 1.22 bits per heavy atom. The lowest BCUT2D eigenvalue weighted by atomic mass is 9.85. The highest BCUT2D eigenvalue weighted by Crippen LogP contribution is 2.28. The molecule has 3 N–H and O–H groups in total. The molecule has 3 amide bonds. The van der Waals surface area contributed by atoms with Gasteiger partial charge in [0.15, 0.2) is 5.82 Å². The number of nitrogens with one attached hydrogen (secondary N) is 3. The molecule has 0 aliphatic heterocycles. The fourth-order valence-corrected chi connectivity index (χ4v) is 6.00. The minimum absolute atomic E-state index is 0.00578. The second-order valence-corrected chi connectivity index (χ2v) is 10.8. The second kappa shape index (κ2) is 9.73. The number of sulfonamides is 1. The zero-order chi connectivity index (χ0) is 23.5. The molecule has 2 aromatic heterocycles. The Hall–Kier alpha value is -2.87. The van der Waals surface area contributed by atoms with Crippen LogP contribution in [0.2, 0.25) is 0 Å². The van der Waals surface area contributed by atoms with Gasteiger partial charge in [0.25, 0.3) is 15.9 Å². The predicted molar refractivity (Wildman–Crippen MR) is 114 cm³/mol. The number of amides is 3. The van der Waals surface area contributed by atoms with Crippen molar-refractivity contribution in [3.63, 3.8) is 0 Å². The van der Waals surface area contributed by atoms with Crippen LogP contribution in [0.25, 0.3) is 0 Å². The van der Waals surface area contributed by atoms with Crippen LogP contribution in [0.3, 0.4) is 0 Å². The van der Waals surface area contributed by atoms with Crippen molar-refractivity contribution in [3.8, 4) is 0 Å². The molecule has 1 aliphatic rings. The van der Waals surface area contributed by atoms with Crippen LogP contribution in [0.15, 0.2) is 10.3 Å². The number of hydrogen-bond acceptors (Lipinski definition) is 9. The molecule has 0 spiro atoms. The molecule has 12 nitrogen and oxygen atoms in total. The number of carbonyl (C=O) groups excluding carboxylic acids is 3. The number of carbonyl (C=O) groups is 3. The Labute approximate surface area is 189 Å². The first-order valence-electron chi connectivity index (χ1n) is 10.0. The van der Waals surface area contributed by atoms with Crippen LogP contribution < -0.4 is 15.4 Å². The minimum Gasteiger partial charge on any atom is -0.354 e. The molecule has 1 fully saturated rings. The number of aromatic nitrogens is 4. The molecule has 0 bridgehead atoms. The summed E-state index contributed by atoms with van der Waals surface area (Å²) in [4.78, 5) is 37.9. The van der Waals surface area contributed by atoms with E-state index in [-0.39, 0.29) is 28.3 Å². The van der Waals surface area contributed by atoms with E-state index in [4.69, 9.17) is 0 Å². The SMILES string of the molecule is CC(=O)NC1CCC(C(=O)NS(=O)(=O)c2cc(C(=O)NCc3nnn(C)n3)c(C)s2)CC1. The lowest BCUT2D eigenvalue weighted by Crippen LogP contribution is -2.41. The zero-order valence-electron chi connectivity index (χ0n) is 17.9. The molecule has 1 aliphatic carbocycles. The molecule has 0 unspecified atom stereocenters. The highest BCUT2D eigenvalue weighted by Gasteiger charge is 2.30. The molecule has 14 heteroatoms. The predicted octanol–water partition coefficient (Wildman–Crippen LogP) is 0.00982. The number of hydrogen-bond donors (Lipinski definition) is 3. The van der Waals surface area contributed by atoms with Gasteiger partial charge in [0.05, 0.1) is 19.2 Å². The first-order valence-corrected chi connectivity index (χ1v) is 12.3. The van der Waals surface area contributed by atoms with Crippen LogP contribution in [0.1, 0.15) is 53.7 Å². The van der Waals surface area contributed by atoms with Gasteiger partial charge in [-0.05, 0) is 43.9 Å². The van der Waals surface area contributed by atoms with E-state index in [1.807, 2.05) is 0 Å². The summed E-state index contributed by atoms with van der Waals surface area (Å²) in [5.74, 6) is -1.30. The average molecular weight is 484 g/mol. The average Bonchev–Trinajstić information content (AvgIpc) is 3.32. The molecule has 32 heavy (non-hydrogen) atoms. The highest BCUT2D eigenvalue weighted by molar-refractivity contribution is 7.92. The zero-order valence-corrected chi connectivity index (χ0v) is 19.5. The van der Waals surface area contributed by atoms with E-state index in [2.05, 4.69) is 30.8 Å². The van der Waals surface area contributed by atoms with Crippen molar-refractivity contribution in [3.05, 3.63) is 22.3 Å². The van der Waals surface area contributed by atoms with Crippen LogP contribution in [0.5, 0.6) is 0 Å². The Bertz CT molecular complexity index is 1120. The van der Waals surface area contributed by atoms with Crippen LogP contribution in [0.4, 0.5) is 0 Å². The van der Waals surface area contributed by atoms with Crippen LogP contribution in [0, 0.1) is 12.8 Å². The van der Waals surface area contributed by atoms with Gasteiger partial charge in [-0.1, -0.05) is 0 Å². The Kier molecular flexibility index (Phi) is 7.23. The molecule has 174 valence electrons. The summed E-state index contributed by atoms with van der Waals surface area (Å²) in [6.07, 6.45) is 2.20. The fourth-order valence-electron chi connectivity index (χ4n) is 3.51. The molecule has 2 aromatic rings. The number of nitrogens with zero attached hydrogens (tertiary/aromatic N) is 4. The molecule has 0 atom stereocenters. The van der Waals surface area contributed by atoms with Crippen molar-refractivity contribution in [2.45, 2.75) is 56.3 Å². The number of rotatable bonds is 7. The maximum atomic E-state index is 12.7. The molecular formula is C18H25N7O5S2. The van der Waals surface area contributed by atoms with E-state index in [1.165, 1.54) is 17.8 Å². The molecule has 0 saturated heterocycles. The van der Waals surface area contributed by atoms with Gasteiger partial charge in [0.1, 0.15) is 4.21 Å². The second-order valence-electron chi connectivity index (χ2n) is 7.63. The van der Waals surface area contributed by atoms with E-state index < -0.39 is 27.8 Å². The summed E-state index contributed by atoms with van der Waals surface area (Å²) in [5, 5.41) is 16.8. The molecule has 0 radical (unpaired) electrons. The minimum atomic E-state index is -4.11. The summed E-state index contributed by atoms with van der Waals surface area (Å²) >= 11 is 0.913. The topological polar surface area (TPSA) is 165 Å². The maximum Gasteiger partial charge on any atom is 0.273 e.